The Morgan fingerprint density at radius 2 is 2.11 bits per heavy atom. The molecule has 0 saturated carbocycles. The minimum absolute atomic E-state index is 0.166. The van der Waals surface area contributed by atoms with Gasteiger partial charge in [0.15, 0.2) is 9.84 Å². The molecule has 6 heteroatoms. The molecule has 0 aliphatic heterocycles. The van der Waals surface area contributed by atoms with E-state index in [1.165, 1.54) is 6.26 Å². The summed E-state index contributed by atoms with van der Waals surface area (Å²) >= 11 is 0. The molecule has 0 aliphatic carbocycles. The van der Waals surface area contributed by atoms with E-state index < -0.39 is 9.84 Å². The molecule has 0 fully saturated rings. The Bertz CT molecular complexity index is 700. The van der Waals surface area contributed by atoms with Crippen molar-refractivity contribution in [2.75, 3.05) is 13.3 Å². The van der Waals surface area contributed by atoms with Gasteiger partial charge >= 0.3 is 0 Å². The molecule has 2 rings (SSSR count). The first-order chi connectivity index (χ1) is 8.88. The highest BCUT2D eigenvalue weighted by molar-refractivity contribution is 7.90. The summed E-state index contributed by atoms with van der Waals surface area (Å²) < 4.78 is 25.1. The number of hydrogen-bond donors (Lipinski definition) is 1. The fraction of sp³-hybridized carbons (Fsp3) is 0.462. The molecular weight excluding hydrogens is 262 g/mol. The van der Waals surface area contributed by atoms with Gasteiger partial charge in [-0.2, -0.15) is 0 Å². The quantitative estimate of drug-likeness (QED) is 0.925. The van der Waals surface area contributed by atoms with Crippen LogP contribution in [-0.2, 0) is 16.9 Å². The third-order valence-electron chi connectivity index (χ3n) is 3.38. The number of sulfone groups is 1. The van der Waals surface area contributed by atoms with Crippen LogP contribution >= 0.6 is 0 Å². The van der Waals surface area contributed by atoms with Gasteiger partial charge in [0.1, 0.15) is 5.82 Å². The van der Waals surface area contributed by atoms with Gasteiger partial charge in [-0.3, -0.25) is 0 Å². The van der Waals surface area contributed by atoms with Gasteiger partial charge in [-0.1, -0.05) is 6.92 Å². The molecule has 1 heterocycles. The third kappa shape index (κ3) is 2.50. The number of aromatic nitrogens is 2. The third-order valence-corrected chi connectivity index (χ3v) is 4.49. The van der Waals surface area contributed by atoms with Gasteiger partial charge in [-0.05, 0) is 31.7 Å². The summed E-state index contributed by atoms with van der Waals surface area (Å²) in [6, 6.07) is 5.24. The topological polar surface area (TPSA) is 64.0 Å². The Morgan fingerprint density at radius 3 is 2.63 bits per heavy atom. The zero-order chi connectivity index (χ0) is 14.2. The van der Waals surface area contributed by atoms with Crippen LogP contribution in [0.15, 0.2) is 23.1 Å². The first-order valence-electron chi connectivity index (χ1n) is 6.22. The predicted octanol–water partition coefficient (Wildman–Crippen LogP) is 1.65. The summed E-state index contributed by atoms with van der Waals surface area (Å²) in [5.74, 6) is 0.922. The number of aryl methyl sites for hydroxylation is 1. The Morgan fingerprint density at radius 1 is 1.42 bits per heavy atom. The lowest BCUT2D eigenvalue weighted by Gasteiger charge is -2.13. The standard InChI is InChI=1S/C13H19N3O2S/c1-5-10(14-2)13-15-11-8-9(19(4,17)18)6-7-12(11)16(13)3/h6-8,10,14H,5H2,1-4H3. The second-order valence-electron chi connectivity index (χ2n) is 4.70. The van der Waals surface area contributed by atoms with Crippen LogP contribution < -0.4 is 5.32 Å². The number of hydrogen-bond acceptors (Lipinski definition) is 4. The van der Waals surface area contributed by atoms with Gasteiger partial charge in [-0.15, -0.1) is 0 Å². The van der Waals surface area contributed by atoms with E-state index in [4.69, 9.17) is 0 Å². The van der Waals surface area contributed by atoms with E-state index in [1.807, 2.05) is 24.7 Å². The molecule has 0 aliphatic rings. The second kappa shape index (κ2) is 4.94. The molecule has 0 spiro atoms. The van der Waals surface area contributed by atoms with Crippen LogP contribution in [0.5, 0.6) is 0 Å². The van der Waals surface area contributed by atoms with Crippen molar-refractivity contribution in [1.82, 2.24) is 14.9 Å². The Hall–Kier alpha value is -1.40. The van der Waals surface area contributed by atoms with E-state index >= 15 is 0 Å². The molecule has 1 unspecified atom stereocenters. The molecule has 0 saturated heterocycles. The van der Waals surface area contributed by atoms with Crippen molar-refractivity contribution in [1.29, 1.82) is 0 Å². The van der Waals surface area contributed by atoms with E-state index in [1.54, 1.807) is 12.1 Å². The Balaban J connectivity index is 2.63. The van der Waals surface area contributed by atoms with E-state index in [2.05, 4.69) is 17.2 Å². The predicted molar refractivity (Wildman–Crippen MR) is 75.9 cm³/mol. The SMILES string of the molecule is CCC(NC)c1nc2cc(S(C)(=O)=O)ccc2n1C. The highest BCUT2D eigenvalue weighted by Crippen LogP contribution is 2.23. The smallest absolute Gasteiger partial charge is 0.175 e. The molecule has 1 aromatic carbocycles. The van der Waals surface area contributed by atoms with Crippen LogP contribution in [-0.4, -0.2) is 31.3 Å². The first kappa shape index (κ1) is 14.0. The lowest BCUT2D eigenvalue weighted by Crippen LogP contribution is -2.19. The largest absolute Gasteiger partial charge is 0.330 e. The van der Waals surface area contributed by atoms with E-state index in [9.17, 15) is 8.42 Å². The highest BCUT2D eigenvalue weighted by atomic mass is 32.2. The lowest BCUT2D eigenvalue weighted by molar-refractivity contribution is 0.529. The lowest BCUT2D eigenvalue weighted by atomic mass is 10.2. The normalized spacial score (nSPS) is 13.9. The van der Waals surface area contributed by atoms with Gasteiger partial charge in [0.05, 0.1) is 22.0 Å². The summed E-state index contributed by atoms with van der Waals surface area (Å²) in [7, 11) is 0.653. The average Bonchev–Trinajstić information content (AvgIpc) is 2.67. The Kier molecular flexibility index (Phi) is 3.64. The van der Waals surface area contributed by atoms with E-state index in [0.717, 1.165) is 17.8 Å². The Labute approximate surface area is 113 Å². The highest BCUT2D eigenvalue weighted by Gasteiger charge is 2.17. The molecular formula is C13H19N3O2S. The van der Waals surface area contributed by atoms with Crippen LogP contribution in [0, 0.1) is 0 Å². The number of fused-ring (bicyclic) bond motifs is 1. The average molecular weight is 281 g/mol. The maximum absolute atomic E-state index is 11.6. The molecule has 1 aromatic heterocycles. The molecule has 2 aromatic rings. The number of nitrogens with zero attached hydrogens (tertiary/aromatic N) is 2. The maximum Gasteiger partial charge on any atom is 0.175 e. The van der Waals surface area contributed by atoms with E-state index in [-0.39, 0.29) is 6.04 Å². The molecule has 0 amide bonds. The van der Waals surface area contributed by atoms with Crippen molar-refractivity contribution < 1.29 is 8.42 Å². The van der Waals surface area contributed by atoms with Crippen molar-refractivity contribution in [3.63, 3.8) is 0 Å². The van der Waals surface area contributed by atoms with Crippen molar-refractivity contribution >= 4 is 20.9 Å². The summed E-state index contributed by atoms with van der Waals surface area (Å²) in [4.78, 5) is 4.87. The molecule has 104 valence electrons. The fourth-order valence-corrected chi connectivity index (χ4v) is 2.90. The summed E-state index contributed by atoms with van der Waals surface area (Å²) in [5, 5.41) is 3.21. The molecule has 5 nitrogen and oxygen atoms in total. The van der Waals surface area contributed by atoms with Crippen molar-refractivity contribution in [2.45, 2.75) is 24.3 Å². The van der Waals surface area contributed by atoms with Gasteiger partial charge in [0.25, 0.3) is 0 Å². The molecule has 1 N–H and O–H groups in total. The van der Waals surface area contributed by atoms with Gasteiger partial charge in [0.2, 0.25) is 0 Å². The summed E-state index contributed by atoms with van der Waals surface area (Å²) in [6.07, 6.45) is 2.13. The maximum atomic E-state index is 11.6. The minimum Gasteiger partial charge on any atom is -0.330 e. The van der Waals surface area contributed by atoms with Crippen LogP contribution in [0.4, 0.5) is 0 Å². The number of imidazole rings is 1. The molecule has 19 heavy (non-hydrogen) atoms. The minimum atomic E-state index is -3.19. The molecule has 0 radical (unpaired) electrons. The molecule has 0 bridgehead atoms. The second-order valence-corrected chi connectivity index (χ2v) is 6.72. The van der Waals surface area contributed by atoms with Gasteiger partial charge in [-0.25, -0.2) is 13.4 Å². The first-order valence-corrected chi connectivity index (χ1v) is 8.11. The number of benzene rings is 1. The monoisotopic (exact) mass is 281 g/mol. The van der Waals surface area contributed by atoms with Crippen LogP contribution in [0.1, 0.15) is 25.2 Å². The fourth-order valence-electron chi connectivity index (χ4n) is 2.26. The summed E-state index contributed by atoms with van der Waals surface area (Å²) in [5.41, 5.74) is 1.66. The summed E-state index contributed by atoms with van der Waals surface area (Å²) in [6.45, 7) is 2.09. The zero-order valence-electron chi connectivity index (χ0n) is 11.6. The number of rotatable bonds is 4. The zero-order valence-corrected chi connectivity index (χ0v) is 12.5. The van der Waals surface area contributed by atoms with Gasteiger partial charge < -0.3 is 9.88 Å². The van der Waals surface area contributed by atoms with Crippen LogP contribution in [0.25, 0.3) is 11.0 Å². The van der Waals surface area contributed by atoms with Crippen molar-refractivity contribution in [2.24, 2.45) is 7.05 Å². The van der Waals surface area contributed by atoms with Crippen LogP contribution in [0.2, 0.25) is 0 Å². The van der Waals surface area contributed by atoms with Crippen molar-refractivity contribution in [3.05, 3.63) is 24.0 Å². The van der Waals surface area contributed by atoms with Crippen LogP contribution in [0.3, 0.4) is 0 Å². The van der Waals surface area contributed by atoms with Gasteiger partial charge in [0, 0.05) is 13.3 Å². The van der Waals surface area contributed by atoms with Crippen molar-refractivity contribution in [3.8, 4) is 0 Å². The number of nitrogens with one attached hydrogen (secondary N) is 1. The van der Waals surface area contributed by atoms with E-state index in [0.29, 0.717) is 10.4 Å². The molecule has 1 atom stereocenters.